The zero-order valence-electron chi connectivity index (χ0n) is 17.2. The minimum Gasteiger partial charge on any atom is -0.321 e. The lowest BCUT2D eigenvalue weighted by atomic mass is 10.1. The molecule has 0 aliphatic heterocycles. The van der Waals surface area contributed by atoms with Crippen molar-refractivity contribution in [1.82, 2.24) is 15.2 Å². The van der Waals surface area contributed by atoms with Crippen LogP contribution >= 0.6 is 27.3 Å². The third-order valence-electron chi connectivity index (χ3n) is 4.54. The molecule has 0 spiro atoms. The largest absolute Gasteiger partial charge is 0.321 e. The zero-order valence-corrected chi connectivity index (χ0v) is 20.4. The first kappa shape index (κ1) is 23.4. The van der Waals surface area contributed by atoms with Gasteiger partial charge in [-0.25, -0.2) is 13.4 Å². The van der Waals surface area contributed by atoms with Crippen LogP contribution in [-0.4, -0.2) is 29.5 Å². The second-order valence-corrected chi connectivity index (χ2v) is 10.3. The number of aromatic amines is 1. The molecule has 0 radical (unpaired) electrons. The number of nitrogens with one attached hydrogen (secondary N) is 3. The van der Waals surface area contributed by atoms with E-state index in [2.05, 4.69) is 41.2 Å². The van der Waals surface area contributed by atoms with Crippen molar-refractivity contribution in [3.63, 3.8) is 0 Å². The van der Waals surface area contributed by atoms with Gasteiger partial charge in [0.25, 0.3) is 15.9 Å². The Bertz CT molecular complexity index is 1490. The molecule has 170 valence electrons. The number of H-pyrrole nitrogens is 1. The molecule has 4 rings (SSSR count). The first-order valence-corrected chi connectivity index (χ1v) is 12.8. The fourth-order valence-corrected chi connectivity index (χ4v) is 4.97. The molecule has 3 N–H and O–H groups in total. The fraction of sp³-hybridized carbons (Fsp3) is 0. The number of carbonyl (C=O) groups is 1. The molecule has 0 fully saturated rings. The molecule has 2 aromatic heterocycles. The predicted molar refractivity (Wildman–Crippen MR) is 133 cm³/mol. The summed E-state index contributed by atoms with van der Waals surface area (Å²) in [4.78, 5) is 16.6. The van der Waals surface area contributed by atoms with E-state index < -0.39 is 15.9 Å². The van der Waals surface area contributed by atoms with Crippen molar-refractivity contribution in [2.75, 3.05) is 10.0 Å². The molecular weight excluding hydrogens is 540 g/mol. The van der Waals surface area contributed by atoms with Gasteiger partial charge >= 0.3 is 0 Å². The highest BCUT2D eigenvalue weighted by atomic mass is 79.9. The van der Waals surface area contributed by atoms with Crippen LogP contribution in [0.1, 0.15) is 5.56 Å². The Hall–Kier alpha value is -3.79. The number of benzene rings is 2. The van der Waals surface area contributed by atoms with Gasteiger partial charge in [0.2, 0.25) is 0 Å². The topological polar surface area (TPSA) is 141 Å². The number of aromatic nitrogens is 3. The van der Waals surface area contributed by atoms with Crippen LogP contribution in [0.25, 0.3) is 17.3 Å². The molecule has 2 heterocycles. The molecule has 0 unspecified atom stereocenters. The van der Waals surface area contributed by atoms with Crippen LogP contribution < -0.4 is 10.0 Å². The number of hydrogen-bond donors (Lipinski definition) is 3. The quantitative estimate of drug-likeness (QED) is 0.224. The van der Waals surface area contributed by atoms with Gasteiger partial charge in [-0.2, -0.15) is 10.4 Å². The third-order valence-corrected chi connectivity index (χ3v) is 7.24. The summed E-state index contributed by atoms with van der Waals surface area (Å²) >= 11 is 4.54. The molecule has 1 amide bonds. The van der Waals surface area contributed by atoms with Crippen LogP contribution in [0.4, 0.5) is 10.8 Å². The van der Waals surface area contributed by atoms with Gasteiger partial charge in [-0.15, -0.1) is 11.3 Å². The molecular formula is C22H15BrN6O3S2. The highest BCUT2D eigenvalue weighted by Crippen LogP contribution is 2.25. The highest BCUT2D eigenvalue weighted by molar-refractivity contribution is 9.10. The van der Waals surface area contributed by atoms with Gasteiger partial charge in [0, 0.05) is 32.9 Å². The number of thiazole rings is 1. The highest BCUT2D eigenvalue weighted by Gasteiger charge is 2.17. The van der Waals surface area contributed by atoms with E-state index in [0.717, 1.165) is 21.4 Å². The number of anilines is 2. The number of halogens is 1. The summed E-state index contributed by atoms with van der Waals surface area (Å²) in [5.41, 5.74) is 2.27. The summed E-state index contributed by atoms with van der Waals surface area (Å²) in [6.07, 6.45) is 4.46. The van der Waals surface area contributed by atoms with E-state index >= 15 is 0 Å². The van der Waals surface area contributed by atoms with Crippen molar-refractivity contribution in [3.8, 4) is 17.3 Å². The summed E-state index contributed by atoms with van der Waals surface area (Å²) in [6, 6.07) is 15.0. The third kappa shape index (κ3) is 5.40. The van der Waals surface area contributed by atoms with Crippen LogP contribution in [0.5, 0.6) is 0 Å². The summed E-state index contributed by atoms with van der Waals surface area (Å²) in [5.74, 6) is -0.637. The second-order valence-electron chi connectivity index (χ2n) is 6.80. The predicted octanol–water partition coefficient (Wildman–Crippen LogP) is 4.64. The molecule has 0 atom stereocenters. The molecule has 9 nitrogen and oxygen atoms in total. The van der Waals surface area contributed by atoms with E-state index in [9.17, 15) is 18.5 Å². The Balaban J connectivity index is 1.50. The Morgan fingerprint density at radius 1 is 1.15 bits per heavy atom. The lowest BCUT2D eigenvalue weighted by Gasteiger charge is -2.08. The maximum Gasteiger partial charge on any atom is 0.266 e. The Labute approximate surface area is 207 Å². The maximum absolute atomic E-state index is 12.7. The maximum atomic E-state index is 12.7. The van der Waals surface area contributed by atoms with Crippen molar-refractivity contribution in [1.29, 1.82) is 5.26 Å². The lowest BCUT2D eigenvalue weighted by Crippen LogP contribution is -2.15. The van der Waals surface area contributed by atoms with Crippen molar-refractivity contribution < 1.29 is 13.2 Å². The number of nitriles is 1. The van der Waals surface area contributed by atoms with Crippen molar-refractivity contribution in [2.45, 2.75) is 4.90 Å². The number of nitrogens with zero attached hydrogens (tertiary/aromatic N) is 3. The van der Waals surface area contributed by atoms with Crippen LogP contribution in [0.2, 0.25) is 0 Å². The number of sulfonamides is 1. The Kier molecular flexibility index (Phi) is 6.87. The molecule has 0 bridgehead atoms. The smallest absolute Gasteiger partial charge is 0.266 e. The van der Waals surface area contributed by atoms with Crippen LogP contribution in [0.3, 0.4) is 0 Å². The second kappa shape index (κ2) is 10.0. The van der Waals surface area contributed by atoms with Crippen molar-refractivity contribution in [2.24, 2.45) is 0 Å². The summed E-state index contributed by atoms with van der Waals surface area (Å²) in [5, 5.41) is 20.9. The van der Waals surface area contributed by atoms with Gasteiger partial charge in [-0.3, -0.25) is 14.6 Å². The van der Waals surface area contributed by atoms with E-state index in [1.54, 1.807) is 5.38 Å². The van der Waals surface area contributed by atoms with Gasteiger partial charge in [-0.1, -0.05) is 28.1 Å². The Morgan fingerprint density at radius 3 is 2.53 bits per heavy atom. The first-order valence-electron chi connectivity index (χ1n) is 9.60. The molecule has 0 saturated heterocycles. The molecule has 4 aromatic rings. The number of hydrogen-bond acceptors (Lipinski definition) is 7. The van der Waals surface area contributed by atoms with Crippen LogP contribution in [0.15, 0.2) is 81.2 Å². The van der Waals surface area contributed by atoms with Crippen LogP contribution in [-0.2, 0) is 14.8 Å². The monoisotopic (exact) mass is 554 g/mol. The van der Waals surface area contributed by atoms with Gasteiger partial charge in [0.05, 0.1) is 16.8 Å². The average Bonchev–Trinajstić information content (AvgIpc) is 3.50. The molecule has 34 heavy (non-hydrogen) atoms. The lowest BCUT2D eigenvalue weighted by molar-refractivity contribution is -0.112. The molecule has 12 heteroatoms. The zero-order chi connectivity index (χ0) is 24.1. The minimum absolute atomic E-state index is 0.00860. The van der Waals surface area contributed by atoms with Crippen molar-refractivity contribution >= 4 is 60.1 Å². The number of carbonyl (C=O) groups excluding carboxylic acids is 1. The van der Waals surface area contributed by atoms with Crippen molar-refractivity contribution in [3.05, 3.63) is 81.9 Å². The summed E-state index contributed by atoms with van der Waals surface area (Å²) in [6.45, 7) is 0. The van der Waals surface area contributed by atoms with E-state index in [1.807, 2.05) is 30.3 Å². The normalized spacial score (nSPS) is 11.6. The molecule has 0 aliphatic rings. The van der Waals surface area contributed by atoms with Gasteiger partial charge in [0.1, 0.15) is 11.6 Å². The first-order chi connectivity index (χ1) is 16.4. The van der Waals surface area contributed by atoms with Gasteiger partial charge in [0.15, 0.2) is 5.13 Å². The van der Waals surface area contributed by atoms with E-state index in [4.69, 9.17) is 0 Å². The summed E-state index contributed by atoms with van der Waals surface area (Å²) < 4.78 is 28.2. The number of rotatable bonds is 7. The average molecular weight is 555 g/mol. The van der Waals surface area contributed by atoms with E-state index in [-0.39, 0.29) is 15.6 Å². The van der Waals surface area contributed by atoms with E-state index in [0.29, 0.717) is 16.9 Å². The molecule has 0 aliphatic carbocycles. The Morgan fingerprint density at radius 2 is 1.88 bits per heavy atom. The van der Waals surface area contributed by atoms with Gasteiger partial charge < -0.3 is 5.32 Å². The molecule has 2 aromatic carbocycles. The standard InChI is InChI=1S/C22H15BrN6O3S2/c23-17-3-1-14(2-4-17)20-16(13-26-28-20)11-15(12-24)21(30)27-18-5-7-19(8-6-18)34(31,32)29-22-25-9-10-33-22/h1-11,13H,(H,25,29)(H,26,28)(H,27,30)/b15-11+. The molecule has 0 saturated carbocycles. The van der Waals surface area contributed by atoms with Gasteiger partial charge in [-0.05, 0) is 42.5 Å². The SMILES string of the molecule is N#C/C(=C\c1cn[nH]c1-c1ccc(Br)cc1)C(=O)Nc1ccc(S(=O)(=O)Nc2nccs2)cc1. The van der Waals surface area contributed by atoms with E-state index in [1.165, 1.54) is 42.7 Å². The summed E-state index contributed by atoms with van der Waals surface area (Å²) in [7, 11) is -3.81. The minimum atomic E-state index is -3.81. The fourth-order valence-electron chi connectivity index (χ4n) is 2.92. The number of amides is 1. The van der Waals surface area contributed by atoms with Crippen LogP contribution in [0, 0.1) is 11.3 Å².